The minimum absolute atomic E-state index is 0.208. The molecule has 1 aliphatic heterocycles. The first-order valence-corrected chi connectivity index (χ1v) is 7.18. The second kappa shape index (κ2) is 6.29. The lowest BCUT2D eigenvalue weighted by atomic mass is 9.20. The summed E-state index contributed by atoms with van der Waals surface area (Å²) in [5, 5.41) is 0. The largest absolute Gasteiger partial charge is 0.376 e. The molecule has 0 bridgehead atoms. The maximum Gasteiger partial charge on any atom is 0.209 e. The highest BCUT2D eigenvalue weighted by atomic mass is 16.1. The molecule has 100 valence electrons. The topological polar surface area (TPSA) is 46.3 Å². The second-order valence-electron chi connectivity index (χ2n) is 5.63. The Morgan fingerprint density at radius 2 is 2.32 bits per heavy atom. The van der Waals surface area contributed by atoms with Crippen molar-refractivity contribution in [3.05, 3.63) is 35.4 Å². The average Bonchev–Trinajstić information content (AvgIpc) is 2.43. The average molecular weight is 256 g/mol. The summed E-state index contributed by atoms with van der Waals surface area (Å²) >= 11 is 0. The molecule has 2 N–H and O–H groups in total. The SMILES string of the molecule is CCCC(C1BB(N)Cc2ccccc21)N(C)C=O. The zero-order valence-electron chi connectivity index (χ0n) is 11.9. The molecule has 1 heterocycles. The van der Waals surface area contributed by atoms with E-state index in [0.29, 0.717) is 5.82 Å². The maximum atomic E-state index is 11.2. The number of carbonyl (C=O) groups excluding carboxylic acids is 1. The molecular formula is C14H22B2N2O. The molecule has 3 nitrogen and oxygen atoms in total. The number of hydrogen-bond donors (Lipinski definition) is 1. The third kappa shape index (κ3) is 3.03. The lowest BCUT2D eigenvalue weighted by Crippen LogP contribution is -2.50. The van der Waals surface area contributed by atoms with Crippen LogP contribution in [0, 0.1) is 0 Å². The summed E-state index contributed by atoms with van der Waals surface area (Å²) < 4.78 is 0. The summed E-state index contributed by atoms with van der Waals surface area (Å²) in [6, 6.07) is 8.80. The first-order chi connectivity index (χ1) is 9.17. The van der Waals surface area contributed by atoms with Crippen LogP contribution < -0.4 is 5.64 Å². The number of fused-ring (bicyclic) bond motifs is 1. The first kappa shape index (κ1) is 14.2. The van der Waals surface area contributed by atoms with Gasteiger partial charge in [0.15, 0.2) is 6.74 Å². The van der Waals surface area contributed by atoms with Crippen LogP contribution in [-0.2, 0) is 11.1 Å². The molecule has 0 saturated heterocycles. The van der Waals surface area contributed by atoms with Crippen LogP contribution in [0.4, 0.5) is 0 Å². The van der Waals surface area contributed by atoms with Crippen LogP contribution in [-0.4, -0.2) is 38.3 Å². The summed E-state index contributed by atoms with van der Waals surface area (Å²) in [5.41, 5.74) is 8.95. The van der Waals surface area contributed by atoms with Gasteiger partial charge in [0.25, 0.3) is 0 Å². The molecule has 1 aliphatic rings. The van der Waals surface area contributed by atoms with Crippen LogP contribution in [0.2, 0.25) is 0 Å². The van der Waals surface area contributed by atoms with E-state index < -0.39 is 0 Å². The zero-order chi connectivity index (χ0) is 13.8. The zero-order valence-corrected chi connectivity index (χ0v) is 11.9. The Balaban J connectivity index is 2.34. The van der Waals surface area contributed by atoms with E-state index in [1.54, 1.807) is 0 Å². The van der Waals surface area contributed by atoms with Gasteiger partial charge in [-0.25, -0.2) is 0 Å². The van der Waals surface area contributed by atoms with Crippen molar-refractivity contribution in [1.29, 1.82) is 0 Å². The molecule has 1 aromatic rings. The van der Waals surface area contributed by atoms with Crippen LogP contribution in [0.3, 0.4) is 0 Å². The fraction of sp³-hybridized carbons (Fsp3) is 0.500. The molecule has 0 spiro atoms. The number of likely N-dealkylation sites (N-methyl/N-ethyl adjacent to an activating group) is 1. The minimum Gasteiger partial charge on any atom is -0.376 e. The predicted octanol–water partition coefficient (Wildman–Crippen LogP) is 0.963. The Morgan fingerprint density at radius 1 is 1.58 bits per heavy atom. The molecule has 19 heavy (non-hydrogen) atoms. The third-order valence-electron chi connectivity index (χ3n) is 4.23. The quantitative estimate of drug-likeness (QED) is 0.630. The van der Waals surface area contributed by atoms with Crippen LogP contribution in [0.15, 0.2) is 24.3 Å². The smallest absolute Gasteiger partial charge is 0.209 e. The summed E-state index contributed by atoms with van der Waals surface area (Å²) in [4.78, 5) is 13.0. The highest BCUT2D eigenvalue weighted by molar-refractivity contribution is 7.11. The van der Waals surface area contributed by atoms with Crippen LogP contribution in [0.5, 0.6) is 0 Å². The van der Waals surface area contributed by atoms with E-state index in [9.17, 15) is 4.79 Å². The fourth-order valence-electron chi connectivity index (χ4n) is 3.33. The van der Waals surface area contributed by atoms with Gasteiger partial charge in [0, 0.05) is 13.1 Å². The Kier molecular flexibility index (Phi) is 4.70. The van der Waals surface area contributed by atoms with Crippen molar-refractivity contribution in [2.45, 2.75) is 37.9 Å². The van der Waals surface area contributed by atoms with Crippen molar-refractivity contribution in [2.75, 3.05) is 7.05 Å². The number of hydrogen-bond acceptors (Lipinski definition) is 2. The monoisotopic (exact) mass is 256 g/mol. The summed E-state index contributed by atoms with van der Waals surface area (Å²) in [6.45, 7) is 2.37. The Labute approximate surface area is 116 Å². The number of amides is 1. The molecule has 2 rings (SSSR count). The van der Waals surface area contributed by atoms with Gasteiger partial charge in [0.1, 0.15) is 7.17 Å². The molecule has 1 amide bonds. The van der Waals surface area contributed by atoms with Gasteiger partial charge in [-0.2, -0.15) is 0 Å². The standard InChI is InChI=1S/C14H22B2N2O/c1-3-6-13(18(2)10-19)14-12-8-5-4-7-11(12)9-16(17)15-14/h4-5,7-8,10,13-15H,3,6,9,17H2,1-2H3. The van der Waals surface area contributed by atoms with Gasteiger partial charge in [-0.15, -0.1) is 0 Å². The van der Waals surface area contributed by atoms with E-state index in [0.717, 1.165) is 32.7 Å². The van der Waals surface area contributed by atoms with Gasteiger partial charge in [0.05, 0.1) is 0 Å². The van der Waals surface area contributed by atoms with Crippen LogP contribution in [0.25, 0.3) is 0 Å². The highest BCUT2D eigenvalue weighted by Crippen LogP contribution is 2.31. The van der Waals surface area contributed by atoms with E-state index in [4.69, 9.17) is 5.64 Å². The van der Waals surface area contributed by atoms with E-state index in [2.05, 4.69) is 31.2 Å². The summed E-state index contributed by atoms with van der Waals surface area (Å²) in [6.07, 6.45) is 4.01. The Bertz CT molecular complexity index is 441. The minimum atomic E-state index is 0.208. The molecule has 0 aromatic heterocycles. The van der Waals surface area contributed by atoms with Gasteiger partial charge in [-0.1, -0.05) is 43.2 Å². The van der Waals surface area contributed by atoms with Gasteiger partial charge in [0.2, 0.25) is 6.41 Å². The molecule has 1 aromatic carbocycles. The van der Waals surface area contributed by atoms with Crippen molar-refractivity contribution in [3.8, 4) is 0 Å². The van der Waals surface area contributed by atoms with Crippen molar-refractivity contribution < 1.29 is 4.79 Å². The van der Waals surface area contributed by atoms with Gasteiger partial charge >= 0.3 is 0 Å². The van der Waals surface area contributed by atoms with Gasteiger partial charge < -0.3 is 10.5 Å². The highest BCUT2D eigenvalue weighted by Gasteiger charge is 2.34. The van der Waals surface area contributed by atoms with Crippen LogP contribution in [0.1, 0.15) is 36.7 Å². The number of nitrogens with two attached hydrogens (primary N) is 1. The number of carbonyl (C=O) groups is 1. The number of benzene rings is 1. The summed E-state index contributed by atoms with van der Waals surface area (Å²) in [7, 11) is 2.86. The fourth-order valence-corrected chi connectivity index (χ4v) is 3.33. The van der Waals surface area contributed by atoms with Gasteiger partial charge in [-0.05, 0) is 24.1 Å². The molecule has 0 fully saturated rings. The van der Waals surface area contributed by atoms with Crippen molar-refractivity contribution in [3.63, 3.8) is 0 Å². The maximum absolute atomic E-state index is 11.2. The Hall–Kier alpha value is -1.22. The molecule has 0 radical (unpaired) electrons. The predicted molar refractivity (Wildman–Crippen MR) is 82.5 cm³/mol. The van der Waals surface area contributed by atoms with Crippen LogP contribution >= 0.6 is 0 Å². The van der Waals surface area contributed by atoms with E-state index in [1.807, 2.05) is 11.9 Å². The first-order valence-electron chi connectivity index (χ1n) is 7.18. The molecule has 0 saturated carbocycles. The van der Waals surface area contributed by atoms with Crippen molar-refractivity contribution >= 4 is 20.3 Å². The Morgan fingerprint density at radius 3 is 3.00 bits per heavy atom. The molecule has 2 unspecified atom stereocenters. The van der Waals surface area contributed by atoms with Crippen molar-refractivity contribution in [2.24, 2.45) is 5.64 Å². The lowest BCUT2D eigenvalue weighted by molar-refractivity contribution is -0.119. The summed E-state index contributed by atoms with van der Waals surface area (Å²) in [5.74, 6) is 0.370. The molecule has 0 aliphatic carbocycles. The van der Waals surface area contributed by atoms with E-state index >= 15 is 0 Å². The number of rotatable bonds is 5. The van der Waals surface area contributed by atoms with Gasteiger partial charge in [-0.3, -0.25) is 4.79 Å². The lowest BCUT2D eigenvalue weighted by Gasteiger charge is -2.37. The molecule has 5 heteroatoms. The van der Waals surface area contributed by atoms with E-state index in [-0.39, 0.29) is 12.8 Å². The third-order valence-corrected chi connectivity index (χ3v) is 4.23. The second-order valence-corrected chi connectivity index (χ2v) is 5.63. The number of nitrogens with zero attached hydrogens (tertiary/aromatic N) is 1. The molecular weight excluding hydrogens is 234 g/mol. The van der Waals surface area contributed by atoms with Crippen molar-refractivity contribution in [1.82, 2.24) is 4.90 Å². The molecule has 2 atom stereocenters. The normalized spacial score (nSPS) is 19.3. The van der Waals surface area contributed by atoms with E-state index in [1.165, 1.54) is 11.1 Å².